The summed E-state index contributed by atoms with van der Waals surface area (Å²) in [5.74, 6) is 0.0972. The van der Waals surface area contributed by atoms with Gasteiger partial charge in [0.2, 0.25) is 0 Å². The van der Waals surface area contributed by atoms with Crippen LogP contribution in [-0.4, -0.2) is 53.8 Å². The smallest absolute Gasteiger partial charge is 0.269 e. The van der Waals surface area contributed by atoms with E-state index in [9.17, 15) is 15.2 Å². The number of hydrogen-bond donors (Lipinski definition) is 2. The summed E-state index contributed by atoms with van der Waals surface area (Å²) in [5, 5.41) is 20.4. The molecule has 9 heteroatoms. The molecule has 5 rings (SSSR count). The Kier molecular flexibility index (Phi) is 7.90. The SMILES string of the molecule is CC1C(CN2CCN(c3ccc([N+](=O)[O-])cc3)CC2)OC(c2cccc(N)c2)OC1c1ccc(CO)cc1. The molecular weight excluding hydrogens is 484 g/mol. The van der Waals surface area contributed by atoms with Crippen molar-refractivity contribution in [1.82, 2.24) is 4.90 Å². The van der Waals surface area contributed by atoms with Crippen LogP contribution in [0, 0.1) is 16.0 Å². The molecule has 4 unspecified atom stereocenters. The number of benzene rings is 3. The molecule has 9 nitrogen and oxygen atoms in total. The molecule has 2 aliphatic rings. The maximum absolute atomic E-state index is 11.0. The van der Waals surface area contributed by atoms with Gasteiger partial charge in [-0.1, -0.05) is 43.3 Å². The van der Waals surface area contributed by atoms with Crippen LogP contribution in [0.2, 0.25) is 0 Å². The highest BCUT2D eigenvalue weighted by atomic mass is 16.7. The molecule has 0 aromatic heterocycles. The van der Waals surface area contributed by atoms with Crippen molar-refractivity contribution in [3.63, 3.8) is 0 Å². The van der Waals surface area contributed by atoms with Crippen molar-refractivity contribution >= 4 is 17.1 Å². The average Bonchev–Trinajstić information content (AvgIpc) is 2.94. The van der Waals surface area contributed by atoms with E-state index in [1.54, 1.807) is 12.1 Å². The minimum absolute atomic E-state index is 0.00482. The van der Waals surface area contributed by atoms with Crippen molar-refractivity contribution in [2.45, 2.75) is 32.0 Å². The van der Waals surface area contributed by atoms with Crippen LogP contribution >= 0.6 is 0 Å². The first-order valence-corrected chi connectivity index (χ1v) is 13.0. The number of ether oxygens (including phenoxy) is 2. The maximum Gasteiger partial charge on any atom is 0.269 e. The molecule has 2 aliphatic heterocycles. The Morgan fingerprint density at radius 2 is 1.68 bits per heavy atom. The van der Waals surface area contributed by atoms with E-state index in [4.69, 9.17) is 15.2 Å². The molecule has 2 saturated heterocycles. The number of nitrogens with two attached hydrogens (primary N) is 1. The number of nitro groups is 1. The van der Waals surface area contributed by atoms with E-state index in [0.29, 0.717) is 5.69 Å². The van der Waals surface area contributed by atoms with Gasteiger partial charge in [-0.2, -0.15) is 0 Å². The van der Waals surface area contributed by atoms with Crippen LogP contribution in [0.1, 0.15) is 36.0 Å². The maximum atomic E-state index is 11.0. The summed E-state index contributed by atoms with van der Waals surface area (Å²) < 4.78 is 13.1. The lowest BCUT2D eigenvalue weighted by atomic mass is 9.90. The van der Waals surface area contributed by atoms with E-state index in [1.807, 2.05) is 60.7 Å². The lowest BCUT2D eigenvalue weighted by Crippen LogP contribution is -2.51. The summed E-state index contributed by atoms with van der Waals surface area (Å²) in [6.45, 7) is 6.33. The first-order chi connectivity index (χ1) is 18.4. The number of nitrogens with zero attached hydrogens (tertiary/aromatic N) is 3. The summed E-state index contributed by atoms with van der Waals surface area (Å²) in [7, 11) is 0. The molecule has 4 atom stereocenters. The highest BCUT2D eigenvalue weighted by molar-refractivity contribution is 5.51. The third-order valence-electron chi connectivity index (χ3n) is 7.54. The molecule has 0 amide bonds. The molecule has 3 aromatic rings. The van der Waals surface area contributed by atoms with E-state index in [0.717, 1.165) is 55.1 Å². The number of aliphatic hydroxyl groups is 1. The van der Waals surface area contributed by atoms with E-state index in [2.05, 4.69) is 16.7 Å². The predicted octanol–water partition coefficient (Wildman–Crippen LogP) is 4.28. The van der Waals surface area contributed by atoms with E-state index in [-0.39, 0.29) is 35.3 Å². The highest BCUT2D eigenvalue weighted by Gasteiger charge is 2.39. The summed E-state index contributed by atoms with van der Waals surface area (Å²) >= 11 is 0. The standard InChI is InChI=1S/C29H34N4O5/c1-20-27(18-31-13-15-32(16-14-31)25-9-11-26(12-10-25)33(35)36)37-29(23-3-2-4-24(30)17-23)38-28(20)22-7-5-21(19-34)6-8-22/h2-12,17,20,27-29,34H,13-16,18-19,30H2,1H3. The zero-order valence-corrected chi connectivity index (χ0v) is 21.5. The number of piperazine rings is 1. The topological polar surface area (TPSA) is 114 Å². The fraction of sp³-hybridized carbons (Fsp3) is 0.379. The van der Waals surface area contributed by atoms with Gasteiger partial charge in [0.15, 0.2) is 6.29 Å². The molecule has 0 spiro atoms. The van der Waals surface area contributed by atoms with Crippen LogP contribution in [0.25, 0.3) is 0 Å². The first kappa shape index (κ1) is 26.1. The van der Waals surface area contributed by atoms with Gasteiger partial charge < -0.3 is 25.2 Å². The number of hydrogen-bond acceptors (Lipinski definition) is 8. The number of non-ortho nitro benzene ring substituents is 1. The Hall–Kier alpha value is -3.50. The predicted molar refractivity (Wildman–Crippen MR) is 146 cm³/mol. The largest absolute Gasteiger partial charge is 0.399 e. The van der Waals surface area contributed by atoms with Crippen molar-refractivity contribution in [2.24, 2.45) is 5.92 Å². The average molecular weight is 519 g/mol. The number of nitro benzene ring substituents is 1. The minimum atomic E-state index is -0.538. The van der Waals surface area contributed by atoms with Crippen molar-refractivity contribution < 1.29 is 19.5 Å². The van der Waals surface area contributed by atoms with E-state index in [1.165, 1.54) is 0 Å². The minimum Gasteiger partial charge on any atom is -0.399 e. The Balaban J connectivity index is 1.29. The molecule has 2 heterocycles. The Labute approximate surface area is 222 Å². The zero-order valence-electron chi connectivity index (χ0n) is 21.5. The third-order valence-corrected chi connectivity index (χ3v) is 7.54. The van der Waals surface area contributed by atoms with Gasteiger partial charge in [-0.05, 0) is 35.4 Å². The molecule has 0 radical (unpaired) electrons. The van der Waals surface area contributed by atoms with Gasteiger partial charge in [0.1, 0.15) is 0 Å². The number of rotatable bonds is 7. The van der Waals surface area contributed by atoms with Gasteiger partial charge in [0.25, 0.3) is 5.69 Å². The van der Waals surface area contributed by atoms with Gasteiger partial charge in [0.05, 0.1) is 23.7 Å². The fourth-order valence-corrected chi connectivity index (χ4v) is 5.26. The molecule has 3 N–H and O–H groups in total. The molecule has 200 valence electrons. The normalized spacial score (nSPS) is 24.3. The summed E-state index contributed by atoms with van der Waals surface area (Å²) in [6.07, 6.45) is -0.776. The Morgan fingerprint density at radius 1 is 0.974 bits per heavy atom. The second-order valence-electron chi connectivity index (χ2n) is 10.1. The van der Waals surface area contributed by atoms with Gasteiger partial charge in [-0.25, -0.2) is 0 Å². The van der Waals surface area contributed by atoms with Crippen LogP contribution in [0.3, 0.4) is 0 Å². The molecular formula is C29H34N4O5. The van der Waals surface area contributed by atoms with E-state index >= 15 is 0 Å². The molecule has 3 aromatic carbocycles. The van der Waals surface area contributed by atoms with Gasteiger partial charge >= 0.3 is 0 Å². The molecule has 0 saturated carbocycles. The summed E-state index contributed by atoms with van der Waals surface area (Å²) in [5.41, 5.74) is 10.6. The lowest BCUT2D eigenvalue weighted by Gasteiger charge is -2.44. The van der Waals surface area contributed by atoms with Crippen molar-refractivity contribution in [1.29, 1.82) is 0 Å². The number of aliphatic hydroxyl groups excluding tert-OH is 1. The van der Waals surface area contributed by atoms with E-state index < -0.39 is 6.29 Å². The molecule has 2 fully saturated rings. The second-order valence-corrected chi connectivity index (χ2v) is 10.1. The summed E-state index contributed by atoms with van der Waals surface area (Å²) in [4.78, 5) is 15.3. The molecule has 0 aliphatic carbocycles. The van der Waals surface area contributed by atoms with Crippen molar-refractivity contribution in [2.75, 3.05) is 43.4 Å². The lowest BCUT2D eigenvalue weighted by molar-refractivity contribution is -0.384. The first-order valence-electron chi connectivity index (χ1n) is 13.0. The van der Waals surface area contributed by atoms with Crippen LogP contribution < -0.4 is 10.6 Å². The number of nitrogen functional groups attached to an aromatic ring is 1. The molecule has 0 bridgehead atoms. The Morgan fingerprint density at radius 3 is 2.32 bits per heavy atom. The second kappa shape index (κ2) is 11.5. The monoisotopic (exact) mass is 518 g/mol. The van der Waals surface area contributed by atoms with Gasteiger partial charge in [0, 0.05) is 67.7 Å². The van der Waals surface area contributed by atoms with Crippen LogP contribution in [-0.2, 0) is 16.1 Å². The van der Waals surface area contributed by atoms with Crippen LogP contribution in [0.15, 0.2) is 72.8 Å². The zero-order chi connectivity index (χ0) is 26.6. The fourth-order valence-electron chi connectivity index (χ4n) is 5.26. The molecule has 38 heavy (non-hydrogen) atoms. The van der Waals surface area contributed by atoms with Crippen molar-refractivity contribution in [3.05, 3.63) is 99.6 Å². The summed E-state index contributed by atoms with van der Waals surface area (Å²) in [6, 6.07) is 22.3. The van der Waals surface area contributed by atoms with Gasteiger partial charge in [-0.15, -0.1) is 0 Å². The van der Waals surface area contributed by atoms with Crippen LogP contribution in [0.4, 0.5) is 17.1 Å². The quantitative estimate of drug-likeness (QED) is 0.271. The van der Waals surface area contributed by atoms with Crippen molar-refractivity contribution in [3.8, 4) is 0 Å². The number of anilines is 2. The highest BCUT2D eigenvalue weighted by Crippen LogP contribution is 2.42. The van der Waals surface area contributed by atoms with Crippen LogP contribution in [0.5, 0.6) is 0 Å². The third kappa shape index (κ3) is 5.81. The Bertz CT molecular complexity index is 1230. The van der Waals surface area contributed by atoms with Gasteiger partial charge in [-0.3, -0.25) is 15.0 Å².